The van der Waals surface area contributed by atoms with Crippen LogP contribution >= 0.6 is 19.8 Å². The molecule has 0 aliphatic heterocycles. The number of hydrogen-bond donors (Lipinski definition) is 0. The molecule has 0 saturated carbocycles. The summed E-state index contributed by atoms with van der Waals surface area (Å²) in [6, 6.07) is 0. The summed E-state index contributed by atoms with van der Waals surface area (Å²) in [5.74, 6) is 0. The zero-order valence-electron chi connectivity index (χ0n) is 3.43. The van der Waals surface area contributed by atoms with Gasteiger partial charge in [-0.05, 0) is 0 Å². The van der Waals surface area contributed by atoms with Gasteiger partial charge in [-0.1, -0.05) is 0 Å². The quantitative estimate of drug-likeness (QED) is 0.361. The molecule has 0 amide bonds. The molecule has 0 spiro atoms. The molecule has 0 aliphatic rings. The number of rotatable bonds is 0. The second-order valence-electron chi connectivity index (χ2n) is 0.615. The molecule has 0 fully saturated rings. The van der Waals surface area contributed by atoms with Gasteiger partial charge in [0.1, 0.15) is 0 Å². The van der Waals surface area contributed by atoms with Gasteiger partial charge in [-0.15, -0.1) is 0 Å². The zero-order valence-corrected chi connectivity index (χ0v) is 8.55. The summed E-state index contributed by atoms with van der Waals surface area (Å²) >= 11 is 3.62. The second-order valence-corrected chi connectivity index (χ2v) is 0.615. The standard InChI is InChI=1S/C2H2F3.HI.Zn/c1-2(3,4)5;;/h1H2;1H;/q-1;;+2/p-1. The predicted molar refractivity (Wildman–Crippen MR) is 25.4 cm³/mol. The third-order valence-corrected chi connectivity index (χ3v) is 0. The van der Waals surface area contributed by atoms with Gasteiger partial charge in [0, 0.05) is 0 Å². The van der Waals surface area contributed by atoms with E-state index >= 15 is 0 Å². The van der Waals surface area contributed by atoms with Gasteiger partial charge in [-0.3, -0.25) is 0 Å². The molecule has 5 heteroatoms. The minimum absolute atomic E-state index is 1.34. The van der Waals surface area contributed by atoms with Crippen molar-refractivity contribution in [3.8, 4) is 0 Å². The Morgan fingerprint density at radius 1 is 1.29 bits per heavy atom. The average Bonchev–Trinajstić information content (AvgIpc) is 1.36. The van der Waals surface area contributed by atoms with Crippen molar-refractivity contribution in [2.45, 2.75) is 6.18 Å². The molecular formula is C2H2F3IZn. The van der Waals surface area contributed by atoms with E-state index in [1.165, 1.54) is 14.8 Å². The fourth-order valence-electron chi connectivity index (χ4n) is 0. The molecule has 0 saturated heterocycles. The Morgan fingerprint density at radius 2 is 1.29 bits per heavy atom. The second kappa shape index (κ2) is 5.28. The summed E-state index contributed by atoms with van der Waals surface area (Å²) in [5, 5.41) is 0. The molecule has 0 aromatic carbocycles. The Labute approximate surface area is 60.7 Å². The molecule has 0 radical (unpaired) electrons. The van der Waals surface area contributed by atoms with Gasteiger partial charge >= 0.3 is 34.5 Å². The van der Waals surface area contributed by atoms with Crippen LogP contribution in [0.4, 0.5) is 13.2 Å². The summed E-state index contributed by atoms with van der Waals surface area (Å²) in [5.41, 5.74) is 0. The monoisotopic (exact) mass is 274 g/mol. The molecule has 0 bridgehead atoms. The fourth-order valence-corrected chi connectivity index (χ4v) is 0. The van der Waals surface area contributed by atoms with E-state index in [1.54, 1.807) is 6.92 Å². The van der Waals surface area contributed by atoms with Crippen LogP contribution in [-0.2, 0) is 14.8 Å². The third kappa shape index (κ3) is 145. The van der Waals surface area contributed by atoms with Gasteiger partial charge in [0.2, 0.25) is 0 Å². The van der Waals surface area contributed by atoms with E-state index in [0.717, 1.165) is 0 Å². The molecule has 40 valence electrons. The van der Waals surface area contributed by atoms with Crippen LogP contribution in [0.5, 0.6) is 0 Å². The van der Waals surface area contributed by atoms with Crippen molar-refractivity contribution in [1.82, 2.24) is 0 Å². The summed E-state index contributed by atoms with van der Waals surface area (Å²) in [7, 11) is 0. The Bertz CT molecular complexity index is 28.4. The molecule has 0 rings (SSSR count). The third-order valence-electron chi connectivity index (χ3n) is 0. The van der Waals surface area contributed by atoms with Crippen molar-refractivity contribution in [3.05, 3.63) is 6.92 Å². The van der Waals surface area contributed by atoms with E-state index in [1.807, 2.05) is 0 Å². The minimum atomic E-state index is -4.25. The summed E-state index contributed by atoms with van der Waals surface area (Å²) < 4.78 is 30.7. The van der Waals surface area contributed by atoms with Gasteiger partial charge in [-0.25, -0.2) is 20.1 Å². The molecular weight excluding hydrogens is 273 g/mol. The number of hydrogen-bond acceptors (Lipinski definition) is 0. The average molecular weight is 275 g/mol. The molecule has 0 nitrogen and oxygen atoms in total. The molecule has 0 N–H and O–H groups in total. The summed E-state index contributed by atoms with van der Waals surface area (Å²) in [6.45, 7) is 1.77. The predicted octanol–water partition coefficient (Wildman–Crippen LogP) is 2.27. The van der Waals surface area contributed by atoms with Gasteiger partial charge in [0.15, 0.2) is 0 Å². The van der Waals surface area contributed by atoms with Crippen LogP contribution in [0.15, 0.2) is 0 Å². The number of alkyl halides is 3. The Morgan fingerprint density at radius 3 is 1.29 bits per heavy atom. The van der Waals surface area contributed by atoms with Crippen LogP contribution in [0.1, 0.15) is 0 Å². The maximum atomic E-state index is 10.2. The molecule has 0 aromatic rings. The molecule has 0 unspecified atom stereocenters. The summed E-state index contributed by atoms with van der Waals surface area (Å²) in [6.07, 6.45) is -4.25. The van der Waals surface area contributed by atoms with Crippen molar-refractivity contribution < 1.29 is 28.0 Å². The molecule has 0 aromatic heterocycles. The SMILES string of the molecule is [CH2-]C(F)(F)F.[Zn+][I]. The Hall–Kier alpha value is 1.14. The first-order valence-corrected chi connectivity index (χ1v) is 10.2. The van der Waals surface area contributed by atoms with E-state index in [4.69, 9.17) is 0 Å². The normalized spacial score (nSPS) is 9.57. The molecule has 0 atom stereocenters. The van der Waals surface area contributed by atoms with Crippen molar-refractivity contribution in [3.63, 3.8) is 0 Å². The van der Waals surface area contributed by atoms with Gasteiger partial charge in [0.05, 0.1) is 0 Å². The van der Waals surface area contributed by atoms with E-state index in [2.05, 4.69) is 19.8 Å². The van der Waals surface area contributed by atoms with Gasteiger partial charge in [0.25, 0.3) is 6.18 Å². The first-order valence-electron chi connectivity index (χ1n) is 1.19. The van der Waals surface area contributed by atoms with Crippen LogP contribution in [0, 0.1) is 6.92 Å². The molecule has 0 heterocycles. The fraction of sp³-hybridized carbons (Fsp3) is 0.500. The van der Waals surface area contributed by atoms with Gasteiger partial charge < -0.3 is 0 Å². The Kier molecular flexibility index (Phi) is 8.31. The zero-order chi connectivity index (χ0) is 6.50. The van der Waals surface area contributed by atoms with Crippen LogP contribution in [-0.4, -0.2) is 6.18 Å². The van der Waals surface area contributed by atoms with Crippen LogP contribution in [0.2, 0.25) is 0 Å². The van der Waals surface area contributed by atoms with Crippen LogP contribution in [0.3, 0.4) is 0 Å². The first kappa shape index (κ1) is 11.0. The van der Waals surface area contributed by atoms with Crippen molar-refractivity contribution in [2.75, 3.05) is 0 Å². The van der Waals surface area contributed by atoms with Crippen molar-refractivity contribution in [1.29, 1.82) is 0 Å². The van der Waals surface area contributed by atoms with E-state index in [9.17, 15) is 13.2 Å². The van der Waals surface area contributed by atoms with E-state index in [0.29, 0.717) is 0 Å². The molecule has 0 aliphatic carbocycles. The summed E-state index contributed by atoms with van der Waals surface area (Å²) in [4.78, 5) is 0. The van der Waals surface area contributed by atoms with E-state index in [-0.39, 0.29) is 0 Å². The van der Waals surface area contributed by atoms with Crippen molar-refractivity contribution in [2.24, 2.45) is 0 Å². The topological polar surface area (TPSA) is 0 Å². The van der Waals surface area contributed by atoms with Crippen molar-refractivity contribution >= 4 is 19.8 Å². The van der Waals surface area contributed by atoms with Gasteiger partial charge in [-0.2, -0.15) is 0 Å². The van der Waals surface area contributed by atoms with E-state index < -0.39 is 6.18 Å². The maximum absolute atomic E-state index is 10.2. The number of halogens is 4. The first-order chi connectivity index (χ1) is 3.00. The van der Waals surface area contributed by atoms with Crippen LogP contribution < -0.4 is 0 Å². The Balaban J connectivity index is 0. The molecule has 7 heavy (non-hydrogen) atoms. The van der Waals surface area contributed by atoms with Crippen LogP contribution in [0.25, 0.3) is 0 Å².